The molecule has 3 heterocycles. The van der Waals surface area contributed by atoms with E-state index >= 15 is 0 Å². The summed E-state index contributed by atoms with van der Waals surface area (Å²) in [6.45, 7) is 1.59. The van der Waals surface area contributed by atoms with Crippen molar-refractivity contribution < 1.29 is 14.3 Å². The van der Waals surface area contributed by atoms with Crippen LogP contribution in [0.3, 0.4) is 0 Å². The molecular weight excluding hydrogens is 460 g/mol. The average molecular weight is 481 g/mol. The van der Waals surface area contributed by atoms with Gasteiger partial charge in [-0.25, -0.2) is 14.8 Å². The largest absolute Gasteiger partial charge is 0.452 e. The number of ether oxygens (including phenoxy) is 1. The quantitative estimate of drug-likeness (QED) is 0.322. The summed E-state index contributed by atoms with van der Waals surface area (Å²) in [4.78, 5) is 38.6. The first kappa shape index (κ1) is 22.4. The van der Waals surface area contributed by atoms with Crippen LogP contribution in [0.1, 0.15) is 15.9 Å². The molecule has 1 N–H and O–H groups in total. The summed E-state index contributed by atoms with van der Waals surface area (Å²) in [7, 11) is 0. The fourth-order valence-corrected chi connectivity index (χ4v) is 4.29. The van der Waals surface area contributed by atoms with Crippen LogP contribution in [0.15, 0.2) is 84.5 Å². The van der Waals surface area contributed by atoms with Gasteiger partial charge in [-0.15, -0.1) is 11.3 Å². The van der Waals surface area contributed by atoms with Crippen LogP contribution in [0.5, 0.6) is 0 Å². The van der Waals surface area contributed by atoms with Gasteiger partial charge in [0.1, 0.15) is 0 Å². The molecule has 5 rings (SSSR count). The molecule has 0 atom stereocenters. The lowest BCUT2D eigenvalue weighted by Gasteiger charge is -2.10. The number of fused-ring (bicyclic) bond motifs is 1. The molecule has 5 aromatic rings. The summed E-state index contributed by atoms with van der Waals surface area (Å²) in [5.41, 5.74) is 5.25. The third kappa shape index (κ3) is 5.07. The van der Waals surface area contributed by atoms with E-state index in [-0.39, 0.29) is 0 Å². The molecule has 8 heteroatoms. The fourth-order valence-electron chi connectivity index (χ4n) is 3.56. The Balaban J connectivity index is 1.29. The minimum absolute atomic E-state index is 0.332. The molecule has 2 aromatic carbocycles. The van der Waals surface area contributed by atoms with E-state index in [1.54, 1.807) is 30.6 Å². The van der Waals surface area contributed by atoms with Gasteiger partial charge in [0.05, 0.1) is 22.5 Å². The molecule has 0 unspecified atom stereocenters. The Morgan fingerprint density at radius 2 is 1.77 bits per heavy atom. The van der Waals surface area contributed by atoms with Gasteiger partial charge in [-0.05, 0) is 31.2 Å². The zero-order valence-corrected chi connectivity index (χ0v) is 19.6. The van der Waals surface area contributed by atoms with Crippen molar-refractivity contribution in [2.45, 2.75) is 6.92 Å². The maximum Gasteiger partial charge on any atom is 0.339 e. The third-order valence-corrected chi connectivity index (χ3v) is 6.08. The molecule has 35 heavy (non-hydrogen) atoms. The highest BCUT2D eigenvalue weighted by molar-refractivity contribution is 7.14. The number of nitrogens with one attached hydrogen (secondary N) is 1. The predicted molar refractivity (Wildman–Crippen MR) is 136 cm³/mol. The molecule has 0 saturated carbocycles. The van der Waals surface area contributed by atoms with Crippen LogP contribution >= 0.6 is 11.3 Å². The molecule has 1 amide bonds. The van der Waals surface area contributed by atoms with E-state index in [0.717, 1.165) is 22.4 Å². The van der Waals surface area contributed by atoms with Crippen molar-refractivity contribution >= 4 is 39.2 Å². The Labute approximate surface area is 205 Å². The number of aromatic nitrogens is 3. The number of amides is 1. The molecule has 0 saturated heterocycles. The summed E-state index contributed by atoms with van der Waals surface area (Å²) in [6, 6.07) is 20.6. The van der Waals surface area contributed by atoms with Gasteiger partial charge in [-0.2, -0.15) is 0 Å². The number of para-hydroxylation sites is 1. The molecule has 0 aliphatic carbocycles. The van der Waals surface area contributed by atoms with Crippen LogP contribution in [0, 0.1) is 6.92 Å². The molecule has 0 aliphatic rings. The van der Waals surface area contributed by atoms with Crippen LogP contribution in [0.4, 0.5) is 5.13 Å². The molecular formula is C27H20N4O3S. The number of thiazole rings is 1. The topological polar surface area (TPSA) is 94.1 Å². The average Bonchev–Trinajstić information content (AvgIpc) is 3.36. The number of carbonyl (C=O) groups is 2. The minimum atomic E-state index is -0.608. The first-order valence-corrected chi connectivity index (χ1v) is 11.7. The van der Waals surface area contributed by atoms with Crippen molar-refractivity contribution in [2.24, 2.45) is 0 Å². The first-order valence-electron chi connectivity index (χ1n) is 10.9. The number of esters is 1. The van der Waals surface area contributed by atoms with Crippen molar-refractivity contribution in [1.29, 1.82) is 0 Å². The Hall–Kier alpha value is -4.43. The fraction of sp³-hybridized carbons (Fsp3) is 0.0741. The summed E-state index contributed by atoms with van der Waals surface area (Å²) >= 11 is 1.31. The van der Waals surface area contributed by atoms with Crippen LogP contribution in [0.25, 0.3) is 33.4 Å². The van der Waals surface area contributed by atoms with Gasteiger partial charge in [0.2, 0.25) is 0 Å². The van der Waals surface area contributed by atoms with Gasteiger partial charge in [0, 0.05) is 34.3 Å². The molecule has 0 fully saturated rings. The second-order valence-electron chi connectivity index (χ2n) is 7.84. The summed E-state index contributed by atoms with van der Waals surface area (Å²) in [5, 5.41) is 5.65. The van der Waals surface area contributed by atoms with E-state index in [4.69, 9.17) is 4.74 Å². The summed E-state index contributed by atoms with van der Waals surface area (Å²) in [6.07, 6.45) is 3.35. The Kier molecular flexibility index (Phi) is 6.28. The smallest absolute Gasteiger partial charge is 0.339 e. The number of hydrogen-bond acceptors (Lipinski definition) is 7. The summed E-state index contributed by atoms with van der Waals surface area (Å²) in [5.74, 6) is -1.07. The number of rotatable bonds is 6. The third-order valence-electron chi connectivity index (χ3n) is 5.33. The monoisotopic (exact) mass is 480 g/mol. The van der Waals surface area contributed by atoms with Gasteiger partial charge in [-0.1, -0.05) is 48.0 Å². The number of carbonyl (C=O) groups excluding carboxylic acids is 2. The SMILES string of the molecule is Cc1ccc(-c2csc(NC(=O)COC(=O)c3cc(-c4cccnc4)nc4ccccc34)n2)cc1. The maximum absolute atomic E-state index is 13.0. The highest BCUT2D eigenvalue weighted by atomic mass is 32.1. The number of pyridine rings is 2. The Morgan fingerprint density at radius 3 is 2.57 bits per heavy atom. The zero-order chi connectivity index (χ0) is 24.2. The van der Waals surface area contributed by atoms with Crippen molar-refractivity contribution in [3.63, 3.8) is 0 Å². The van der Waals surface area contributed by atoms with Gasteiger partial charge in [-0.3, -0.25) is 15.1 Å². The van der Waals surface area contributed by atoms with E-state index in [9.17, 15) is 9.59 Å². The predicted octanol–water partition coefficient (Wildman–Crippen LogP) is 5.52. The van der Waals surface area contributed by atoms with Crippen molar-refractivity contribution in [1.82, 2.24) is 15.0 Å². The lowest BCUT2D eigenvalue weighted by Crippen LogP contribution is -2.21. The van der Waals surface area contributed by atoms with E-state index < -0.39 is 18.5 Å². The number of hydrogen-bond donors (Lipinski definition) is 1. The molecule has 0 radical (unpaired) electrons. The molecule has 172 valence electrons. The van der Waals surface area contributed by atoms with E-state index in [1.165, 1.54) is 11.3 Å². The zero-order valence-electron chi connectivity index (χ0n) is 18.8. The van der Waals surface area contributed by atoms with E-state index in [1.807, 2.05) is 60.8 Å². The number of nitrogens with zero attached hydrogens (tertiary/aromatic N) is 3. The lowest BCUT2D eigenvalue weighted by atomic mass is 10.1. The van der Waals surface area contributed by atoms with Gasteiger partial charge >= 0.3 is 5.97 Å². The van der Waals surface area contributed by atoms with Gasteiger partial charge < -0.3 is 4.74 Å². The highest BCUT2D eigenvalue weighted by Gasteiger charge is 2.17. The van der Waals surface area contributed by atoms with Crippen LogP contribution < -0.4 is 5.32 Å². The number of anilines is 1. The van der Waals surface area contributed by atoms with Crippen molar-refractivity contribution in [3.8, 4) is 22.5 Å². The lowest BCUT2D eigenvalue weighted by molar-refractivity contribution is -0.119. The molecule has 7 nitrogen and oxygen atoms in total. The first-order chi connectivity index (χ1) is 17.1. The Morgan fingerprint density at radius 1 is 0.943 bits per heavy atom. The standard InChI is InChI=1S/C27H20N4O3S/c1-17-8-10-18(11-9-17)24-16-35-27(30-24)31-25(32)15-34-26(33)21-13-23(19-5-4-12-28-14-19)29-22-7-3-2-6-20(21)22/h2-14,16H,15H2,1H3,(H,30,31,32). The highest BCUT2D eigenvalue weighted by Crippen LogP contribution is 2.26. The molecule has 0 spiro atoms. The molecule has 0 bridgehead atoms. The van der Waals surface area contributed by atoms with Crippen LogP contribution in [-0.4, -0.2) is 33.4 Å². The van der Waals surface area contributed by atoms with Crippen LogP contribution in [-0.2, 0) is 9.53 Å². The van der Waals surface area contributed by atoms with E-state index in [0.29, 0.717) is 27.3 Å². The van der Waals surface area contributed by atoms with Crippen molar-refractivity contribution in [2.75, 3.05) is 11.9 Å². The van der Waals surface area contributed by atoms with Gasteiger partial charge in [0.15, 0.2) is 11.7 Å². The normalized spacial score (nSPS) is 10.8. The minimum Gasteiger partial charge on any atom is -0.452 e. The van der Waals surface area contributed by atoms with E-state index in [2.05, 4.69) is 20.3 Å². The van der Waals surface area contributed by atoms with Gasteiger partial charge in [0.25, 0.3) is 5.91 Å². The van der Waals surface area contributed by atoms with Crippen molar-refractivity contribution in [3.05, 3.63) is 95.6 Å². The second-order valence-corrected chi connectivity index (χ2v) is 8.70. The number of aryl methyl sites for hydroxylation is 1. The molecule has 0 aliphatic heterocycles. The van der Waals surface area contributed by atoms with Crippen LogP contribution in [0.2, 0.25) is 0 Å². The number of benzene rings is 2. The Bertz CT molecular complexity index is 1520. The second kappa shape index (κ2) is 9.82. The summed E-state index contributed by atoms with van der Waals surface area (Å²) < 4.78 is 5.35. The molecule has 3 aromatic heterocycles. The maximum atomic E-state index is 13.0.